The van der Waals surface area contributed by atoms with Gasteiger partial charge < -0.3 is 24.8 Å². The van der Waals surface area contributed by atoms with Gasteiger partial charge in [0.15, 0.2) is 0 Å². The minimum Gasteiger partial charge on any atom is -0.497 e. The van der Waals surface area contributed by atoms with Crippen LogP contribution in [-0.4, -0.2) is 29.7 Å². The van der Waals surface area contributed by atoms with E-state index in [1.54, 1.807) is 38.4 Å². The zero-order chi connectivity index (χ0) is 30.7. The number of pyridine rings is 2. The number of carbonyl (C=O) groups is 1. The van der Waals surface area contributed by atoms with E-state index in [-0.39, 0.29) is 16.8 Å². The summed E-state index contributed by atoms with van der Waals surface area (Å²) in [5.74, 6) is -0.534. The lowest BCUT2D eigenvalue weighted by Crippen LogP contribution is -2.23. The molecule has 0 saturated heterocycles. The van der Waals surface area contributed by atoms with Gasteiger partial charge in [-0.05, 0) is 55.0 Å². The number of anilines is 3. The van der Waals surface area contributed by atoms with Gasteiger partial charge in [-0.2, -0.15) is 0 Å². The number of aromatic nitrogens is 2. The number of fused-ring (bicyclic) bond motifs is 1. The molecule has 0 aliphatic heterocycles. The number of rotatable bonds is 8. The summed E-state index contributed by atoms with van der Waals surface area (Å²) in [6.07, 6.45) is 1.61. The SMILES string of the molecule is CCn1c(=O)c(-c2cc(NC(=O)Nc3cccc(Cl)c3)c(F)cc2F)cc2cnc(N(C)Cc3ccc(OC)cc3)cc21. The first-order chi connectivity index (χ1) is 20.7. The van der Waals surface area contributed by atoms with Gasteiger partial charge in [-0.3, -0.25) is 4.79 Å². The monoisotopic (exact) mass is 603 g/mol. The van der Waals surface area contributed by atoms with E-state index in [1.807, 2.05) is 42.3 Å². The standard InChI is InChI=1S/C32H28ClF2N5O3/c1-4-40-29-16-30(39(2)18-19-8-10-23(43-3)11-9-19)36-17-20(29)12-25(31(40)41)24-14-28(27(35)15-26(24)34)38-32(42)37-22-7-5-6-21(33)13-22/h5-17H,4,18H2,1-3H3,(H2,37,38,42). The predicted molar refractivity (Wildman–Crippen MR) is 166 cm³/mol. The lowest BCUT2D eigenvalue weighted by atomic mass is 10.0. The number of hydrogen-bond donors (Lipinski definition) is 2. The van der Waals surface area contributed by atoms with Gasteiger partial charge in [-0.15, -0.1) is 0 Å². The van der Waals surface area contributed by atoms with Gasteiger partial charge in [0.25, 0.3) is 5.56 Å². The van der Waals surface area contributed by atoms with E-state index in [2.05, 4.69) is 15.6 Å². The molecule has 2 heterocycles. The minimum atomic E-state index is -0.995. The molecule has 0 aliphatic rings. The summed E-state index contributed by atoms with van der Waals surface area (Å²) in [4.78, 5) is 32.7. The van der Waals surface area contributed by atoms with E-state index in [0.29, 0.717) is 46.6 Å². The summed E-state index contributed by atoms with van der Waals surface area (Å²) in [5.41, 5.74) is 1.13. The average molecular weight is 604 g/mol. The second-order valence-electron chi connectivity index (χ2n) is 9.81. The normalized spacial score (nSPS) is 10.9. The van der Waals surface area contributed by atoms with Crippen molar-refractivity contribution >= 4 is 45.7 Å². The number of urea groups is 1. The maximum absolute atomic E-state index is 15.1. The first kappa shape index (κ1) is 29.5. The number of nitrogens with zero attached hydrogens (tertiary/aromatic N) is 3. The van der Waals surface area contributed by atoms with E-state index in [9.17, 15) is 14.0 Å². The summed E-state index contributed by atoms with van der Waals surface area (Å²) >= 11 is 5.95. The van der Waals surface area contributed by atoms with Gasteiger partial charge in [0.1, 0.15) is 23.2 Å². The Labute approximate surface area is 251 Å². The second kappa shape index (κ2) is 12.5. The third kappa shape index (κ3) is 6.44. The molecule has 43 heavy (non-hydrogen) atoms. The number of nitrogens with one attached hydrogen (secondary N) is 2. The van der Waals surface area contributed by atoms with Crippen LogP contribution in [0.15, 0.2) is 83.8 Å². The van der Waals surface area contributed by atoms with Crippen molar-refractivity contribution in [1.82, 2.24) is 9.55 Å². The molecule has 2 aromatic heterocycles. The molecule has 8 nitrogen and oxygen atoms in total. The molecular weight excluding hydrogens is 576 g/mol. The molecular formula is C32H28ClF2N5O3. The molecule has 3 aromatic carbocycles. The minimum absolute atomic E-state index is 0.00582. The van der Waals surface area contributed by atoms with Crippen molar-refractivity contribution in [1.29, 1.82) is 0 Å². The Morgan fingerprint density at radius 1 is 1.00 bits per heavy atom. The fraction of sp³-hybridized carbons (Fsp3) is 0.156. The van der Waals surface area contributed by atoms with Crippen LogP contribution in [0.1, 0.15) is 12.5 Å². The largest absolute Gasteiger partial charge is 0.497 e. The third-order valence-corrected chi connectivity index (χ3v) is 7.16. The van der Waals surface area contributed by atoms with Crippen molar-refractivity contribution < 1.29 is 18.3 Å². The molecule has 0 aliphatic carbocycles. The Hall–Kier alpha value is -4.96. The van der Waals surface area contributed by atoms with Gasteiger partial charge >= 0.3 is 6.03 Å². The van der Waals surface area contributed by atoms with Crippen LogP contribution in [0.25, 0.3) is 22.0 Å². The van der Waals surface area contributed by atoms with Crippen LogP contribution >= 0.6 is 11.6 Å². The smallest absolute Gasteiger partial charge is 0.323 e. The van der Waals surface area contributed by atoms with E-state index < -0.39 is 23.2 Å². The zero-order valence-electron chi connectivity index (χ0n) is 23.6. The fourth-order valence-electron chi connectivity index (χ4n) is 4.77. The Morgan fingerprint density at radius 2 is 1.77 bits per heavy atom. The number of methoxy groups -OCH3 is 1. The molecule has 0 spiro atoms. The predicted octanol–water partition coefficient (Wildman–Crippen LogP) is 7.30. The molecule has 0 bridgehead atoms. The van der Waals surface area contributed by atoms with Crippen LogP contribution in [0.3, 0.4) is 0 Å². The van der Waals surface area contributed by atoms with Gasteiger partial charge in [0.05, 0.1) is 23.9 Å². The molecule has 0 unspecified atom stereocenters. The molecule has 0 radical (unpaired) electrons. The van der Waals surface area contributed by atoms with Crippen LogP contribution in [0.2, 0.25) is 5.02 Å². The van der Waals surface area contributed by atoms with Crippen molar-refractivity contribution in [3.8, 4) is 16.9 Å². The van der Waals surface area contributed by atoms with Crippen molar-refractivity contribution in [2.45, 2.75) is 20.0 Å². The van der Waals surface area contributed by atoms with Crippen LogP contribution in [0.4, 0.5) is 30.8 Å². The van der Waals surface area contributed by atoms with Crippen molar-refractivity contribution in [2.75, 3.05) is 29.7 Å². The van der Waals surface area contributed by atoms with Gasteiger partial charge in [-0.25, -0.2) is 18.6 Å². The molecule has 0 atom stereocenters. The second-order valence-corrected chi connectivity index (χ2v) is 10.3. The lowest BCUT2D eigenvalue weighted by Gasteiger charge is -2.20. The van der Waals surface area contributed by atoms with Crippen LogP contribution in [0, 0.1) is 11.6 Å². The summed E-state index contributed by atoms with van der Waals surface area (Å²) in [5, 5.41) is 5.92. The number of halogens is 3. The molecule has 5 rings (SSSR count). The molecule has 5 aromatic rings. The number of aryl methyl sites for hydroxylation is 1. The fourth-order valence-corrected chi connectivity index (χ4v) is 4.96. The highest BCUT2D eigenvalue weighted by atomic mass is 35.5. The van der Waals surface area contributed by atoms with Gasteiger partial charge in [0.2, 0.25) is 0 Å². The van der Waals surface area contributed by atoms with Crippen molar-refractivity contribution in [3.63, 3.8) is 0 Å². The summed E-state index contributed by atoms with van der Waals surface area (Å²) in [7, 11) is 3.51. The molecule has 220 valence electrons. The maximum atomic E-state index is 15.1. The molecule has 0 saturated carbocycles. The Bertz CT molecular complexity index is 1880. The zero-order valence-corrected chi connectivity index (χ0v) is 24.4. The van der Waals surface area contributed by atoms with Crippen LogP contribution in [0.5, 0.6) is 5.75 Å². The van der Waals surface area contributed by atoms with E-state index in [4.69, 9.17) is 16.3 Å². The Balaban J connectivity index is 1.47. The first-order valence-electron chi connectivity index (χ1n) is 13.4. The van der Waals surface area contributed by atoms with Crippen LogP contribution < -0.4 is 25.8 Å². The average Bonchev–Trinajstić information content (AvgIpc) is 2.98. The quantitative estimate of drug-likeness (QED) is 0.194. The van der Waals surface area contributed by atoms with Crippen LogP contribution in [-0.2, 0) is 13.1 Å². The number of carbonyl (C=O) groups excluding carboxylic acids is 1. The number of amides is 2. The Morgan fingerprint density at radius 3 is 2.47 bits per heavy atom. The molecule has 0 fully saturated rings. The highest BCUT2D eigenvalue weighted by molar-refractivity contribution is 6.30. The van der Waals surface area contributed by atoms with Gasteiger partial charge in [0, 0.05) is 60.1 Å². The molecule has 2 N–H and O–H groups in total. The Kier molecular flexibility index (Phi) is 8.58. The van der Waals surface area contributed by atoms with E-state index in [0.717, 1.165) is 17.4 Å². The summed E-state index contributed by atoms with van der Waals surface area (Å²) < 4.78 is 36.6. The number of hydrogen-bond acceptors (Lipinski definition) is 5. The highest BCUT2D eigenvalue weighted by Crippen LogP contribution is 2.30. The summed E-state index contributed by atoms with van der Waals surface area (Å²) in [6, 6.07) is 18.4. The highest BCUT2D eigenvalue weighted by Gasteiger charge is 2.19. The third-order valence-electron chi connectivity index (χ3n) is 6.93. The van der Waals surface area contributed by atoms with E-state index in [1.165, 1.54) is 16.7 Å². The maximum Gasteiger partial charge on any atom is 0.323 e. The molecule has 11 heteroatoms. The summed E-state index contributed by atoms with van der Waals surface area (Å²) in [6.45, 7) is 2.67. The van der Waals surface area contributed by atoms with E-state index >= 15 is 4.39 Å². The lowest BCUT2D eigenvalue weighted by molar-refractivity contribution is 0.262. The first-order valence-corrected chi connectivity index (χ1v) is 13.7. The topological polar surface area (TPSA) is 88.5 Å². The number of ether oxygens (including phenoxy) is 1. The number of benzene rings is 3. The van der Waals surface area contributed by atoms with Crippen molar-refractivity contribution in [3.05, 3.63) is 112 Å². The molecule has 2 amide bonds. The van der Waals surface area contributed by atoms with Gasteiger partial charge in [-0.1, -0.05) is 29.8 Å². The van der Waals surface area contributed by atoms with Crippen molar-refractivity contribution in [2.24, 2.45) is 0 Å².